The van der Waals surface area contributed by atoms with Gasteiger partial charge in [0.05, 0.1) is 45.7 Å². The van der Waals surface area contributed by atoms with Gasteiger partial charge in [-0.15, -0.1) is 0 Å². The van der Waals surface area contributed by atoms with Crippen molar-refractivity contribution in [3.8, 4) is 17.5 Å². The average molecular weight is 699 g/mol. The molecule has 13 nitrogen and oxygen atoms in total. The standard InChI is InChI=1S/C35H29F3N8O5/c1-34(2,33(51)41-26-9-6-22(35(36,37)38)14-28(26)44-13-3-12-39-44)45-19-20(16-40-45)4-5-21-17-43(18-21)23-7-8-24-25(15-23)32(50)46(31(24)49)27-10-11-29(47)42-30(27)48/h3,6-9,12-16,19,21,27H,10-11,17-18H2,1-2H3,(H,41,51)(H,42,47,48). The number of rotatable bonds is 6. The molecule has 0 spiro atoms. The van der Waals surface area contributed by atoms with Gasteiger partial charge in [0.15, 0.2) is 0 Å². The Balaban J connectivity index is 0.991. The number of hydrogen-bond acceptors (Lipinski definition) is 8. The summed E-state index contributed by atoms with van der Waals surface area (Å²) in [7, 11) is 0. The molecule has 0 bridgehead atoms. The van der Waals surface area contributed by atoms with Crippen LogP contribution in [0.15, 0.2) is 67.3 Å². The Hall–Kier alpha value is -6.24. The zero-order valence-electron chi connectivity index (χ0n) is 27.2. The van der Waals surface area contributed by atoms with Crippen molar-refractivity contribution in [2.24, 2.45) is 5.92 Å². The molecular formula is C35H29F3N8O5. The normalized spacial score (nSPS) is 17.9. The van der Waals surface area contributed by atoms with E-state index in [9.17, 15) is 37.1 Å². The molecule has 0 saturated carbocycles. The minimum absolute atomic E-state index is 0.0180. The summed E-state index contributed by atoms with van der Waals surface area (Å²) in [4.78, 5) is 66.4. The van der Waals surface area contributed by atoms with Crippen LogP contribution in [0.5, 0.6) is 0 Å². The largest absolute Gasteiger partial charge is 0.416 e. The van der Waals surface area contributed by atoms with Gasteiger partial charge < -0.3 is 10.2 Å². The molecule has 5 heterocycles. The van der Waals surface area contributed by atoms with E-state index >= 15 is 0 Å². The molecule has 3 aliphatic rings. The molecule has 2 aromatic carbocycles. The number of piperidine rings is 1. The van der Waals surface area contributed by atoms with Crippen LogP contribution in [0.25, 0.3) is 5.69 Å². The van der Waals surface area contributed by atoms with Crippen LogP contribution in [-0.4, -0.2) is 73.1 Å². The Morgan fingerprint density at radius 1 is 1.00 bits per heavy atom. The Morgan fingerprint density at radius 3 is 2.47 bits per heavy atom. The number of fused-ring (bicyclic) bond motifs is 1. The number of nitrogens with one attached hydrogen (secondary N) is 2. The second-order valence-electron chi connectivity index (χ2n) is 12.9. The van der Waals surface area contributed by atoms with Crippen molar-refractivity contribution in [2.45, 2.75) is 44.4 Å². The van der Waals surface area contributed by atoms with Crippen LogP contribution < -0.4 is 15.5 Å². The highest BCUT2D eigenvalue weighted by molar-refractivity contribution is 6.23. The zero-order valence-corrected chi connectivity index (χ0v) is 27.2. The highest BCUT2D eigenvalue weighted by Gasteiger charge is 2.45. The number of imide groups is 2. The third kappa shape index (κ3) is 6.11. The van der Waals surface area contributed by atoms with Crippen molar-refractivity contribution in [3.63, 3.8) is 0 Å². The SMILES string of the molecule is CC(C)(C(=O)Nc1ccc(C(F)(F)F)cc1-n1cccn1)n1cc(C#CC2CN(c3ccc4c(c3)C(=O)N(C3CCC(=O)NC3=O)C4=O)C2)cn1. The second kappa shape index (κ2) is 12.3. The molecule has 0 aliphatic carbocycles. The van der Waals surface area contributed by atoms with Crippen LogP contribution in [0.4, 0.5) is 24.5 Å². The van der Waals surface area contributed by atoms with Gasteiger partial charge in [0.2, 0.25) is 11.8 Å². The van der Waals surface area contributed by atoms with Gasteiger partial charge in [-0.05, 0) is 62.7 Å². The van der Waals surface area contributed by atoms with Crippen molar-refractivity contribution in [3.05, 3.63) is 89.5 Å². The minimum atomic E-state index is -4.58. The third-order valence-electron chi connectivity index (χ3n) is 9.13. The number of amides is 5. The number of halogens is 3. The molecule has 2 saturated heterocycles. The molecular weight excluding hydrogens is 669 g/mol. The first-order valence-electron chi connectivity index (χ1n) is 15.9. The van der Waals surface area contributed by atoms with Crippen LogP contribution in [0.2, 0.25) is 0 Å². The van der Waals surface area contributed by atoms with Gasteiger partial charge in [-0.3, -0.25) is 38.9 Å². The molecule has 2 fully saturated rings. The van der Waals surface area contributed by atoms with E-state index in [-0.39, 0.29) is 41.3 Å². The number of aromatic nitrogens is 4. The number of anilines is 2. The smallest absolute Gasteiger partial charge is 0.369 e. The lowest BCUT2D eigenvalue weighted by molar-refractivity contribution is -0.138. The maximum atomic E-state index is 13.4. The first-order chi connectivity index (χ1) is 24.2. The van der Waals surface area contributed by atoms with E-state index in [0.29, 0.717) is 18.7 Å². The molecule has 0 radical (unpaired) electrons. The fourth-order valence-electron chi connectivity index (χ4n) is 6.11. The molecule has 5 amide bonds. The van der Waals surface area contributed by atoms with Crippen molar-refractivity contribution >= 4 is 40.9 Å². The summed E-state index contributed by atoms with van der Waals surface area (Å²) in [6.45, 7) is 4.34. The maximum absolute atomic E-state index is 13.4. The molecule has 7 rings (SSSR count). The van der Waals surface area contributed by atoms with Crippen LogP contribution in [0.3, 0.4) is 0 Å². The monoisotopic (exact) mass is 698 g/mol. The van der Waals surface area contributed by atoms with Gasteiger partial charge in [0.1, 0.15) is 11.6 Å². The minimum Gasteiger partial charge on any atom is -0.369 e. The van der Waals surface area contributed by atoms with Crippen LogP contribution >= 0.6 is 0 Å². The lowest BCUT2D eigenvalue weighted by Gasteiger charge is -2.38. The Bertz CT molecular complexity index is 2170. The molecule has 51 heavy (non-hydrogen) atoms. The topological polar surface area (TPSA) is 152 Å². The van der Waals surface area contributed by atoms with Crippen LogP contribution in [0.1, 0.15) is 58.5 Å². The summed E-state index contributed by atoms with van der Waals surface area (Å²) >= 11 is 0. The van der Waals surface area contributed by atoms with Gasteiger partial charge >= 0.3 is 6.18 Å². The molecule has 2 aromatic heterocycles. The number of carbonyl (C=O) groups is 5. The highest BCUT2D eigenvalue weighted by atomic mass is 19.4. The lowest BCUT2D eigenvalue weighted by atomic mass is 9.98. The fraction of sp³-hybridized carbons (Fsp3) is 0.286. The predicted octanol–water partition coefficient (Wildman–Crippen LogP) is 3.35. The number of alkyl halides is 3. The van der Waals surface area contributed by atoms with Gasteiger partial charge in [-0.25, -0.2) is 4.68 Å². The van der Waals surface area contributed by atoms with Gasteiger partial charge in [0.25, 0.3) is 17.7 Å². The number of carbonyl (C=O) groups excluding carboxylic acids is 5. The highest BCUT2D eigenvalue weighted by Crippen LogP contribution is 2.35. The first kappa shape index (κ1) is 33.3. The number of hydrogen-bond donors (Lipinski definition) is 2. The van der Waals surface area contributed by atoms with Crippen molar-refractivity contribution in [1.29, 1.82) is 0 Å². The molecule has 4 aromatic rings. The summed E-state index contributed by atoms with van der Waals surface area (Å²) in [5.74, 6) is 3.47. The number of nitrogens with zero attached hydrogens (tertiary/aromatic N) is 6. The summed E-state index contributed by atoms with van der Waals surface area (Å²) in [5, 5.41) is 13.2. The number of benzene rings is 2. The van der Waals surface area contributed by atoms with Crippen LogP contribution in [-0.2, 0) is 26.1 Å². The van der Waals surface area contributed by atoms with Gasteiger partial charge in [-0.2, -0.15) is 23.4 Å². The van der Waals surface area contributed by atoms with Gasteiger partial charge in [0, 0.05) is 43.8 Å². The molecule has 1 atom stereocenters. The van der Waals surface area contributed by atoms with E-state index in [0.717, 1.165) is 22.7 Å². The van der Waals surface area contributed by atoms with Crippen molar-refractivity contribution in [2.75, 3.05) is 23.3 Å². The Kier molecular flexibility index (Phi) is 8.00. The Labute approximate surface area is 288 Å². The Morgan fingerprint density at radius 2 is 1.76 bits per heavy atom. The average Bonchev–Trinajstić information content (AvgIpc) is 3.82. The van der Waals surface area contributed by atoms with Crippen molar-refractivity contribution in [1.82, 2.24) is 29.8 Å². The first-order valence-corrected chi connectivity index (χ1v) is 15.9. The van der Waals surface area contributed by atoms with E-state index < -0.39 is 52.9 Å². The third-order valence-corrected chi connectivity index (χ3v) is 9.13. The fourth-order valence-corrected chi connectivity index (χ4v) is 6.11. The van der Waals surface area contributed by atoms with Crippen molar-refractivity contribution < 1.29 is 37.1 Å². The summed E-state index contributed by atoms with van der Waals surface area (Å²) in [6.07, 6.45) is 1.56. The van der Waals surface area contributed by atoms with Gasteiger partial charge in [-0.1, -0.05) is 11.8 Å². The van der Waals surface area contributed by atoms with E-state index in [1.165, 1.54) is 34.0 Å². The van der Waals surface area contributed by atoms with E-state index in [1.54, 1.807) is 44.3 Å². The predicted molar refractivity (Wildman–Crippen MR) is 174 cm³/mol. The summed E-state index contributed by atoms with van der Waals surface area (Å²) in [6, 6.07) is 8.45. The van der Waals surface area contributed by atoms with E-state index in [4.69, 9.17) is 0 Å². The van der Waals surface area contributed by atoms with E-state index in [2.05, 4.69) is 32.7 Å². The summed E-state index contributed by atoms with van der Waals surface area (Å²) in [5.41, 5.74) is -0.265. The van der Waals surface area contributed by atoms with Crippen LogP contribution in [0, 0.1) is 17.8 Å². The lowest BCUT2D eigenvalue weighted by Crippen LogP contribution is -2.54. The van der Waals surface area contributed by atoms with E-state index in [1.807, 2.05) is 4.90 Å². The molecule has 2 N–H and O–H groups in total. The summed E-state index contributed by atoms with van der Waals surface area (Å²) < 4.78 is 42.9. The molecule has 3 aliphatic heterocycles. The zero-order chi connectivity index (χ0) is 36.2. The second-order valence-corrected chi connectivity index (χ2v) is 12.9. The maximum Gasteiger partial charge on any atom is 0.416 e. The molecule has 16 heteroatoms. The molecule has 260 valence electrons. The quantitative estimate of drug-likeness (QED) is 0.230. The molecule has 1 unspecified atom stereocenters.